The molecule has 0 aliphatic rings. The van der Waals surface area contributed by atoms with Gasteiger partial charge in [-0.2, -0.15) is 10.5 Å². The van der Waals surface area contributed by atoms with Crippen molar-refractivity contribution >= 4 is 49.3 Å². The highest BCUT2D eigenvalue weighted by molar-refractivity contribution is 6.11. The molecule has 50 heavy (non-hydrogen) atoms. The van der Waals surface area contributed by atoms with Crippen LogP contribution in [0.5, 0.6) is 0 Å². The minimum atomic E-state index is 0.563. The summed E-state index contributed by atoms with van der Waals surface area (Å²) in [6.07, 6.45) is 0. The standard InChI is InChI=1S/C45H25N5/c1-48-40-21-19-33(49-42-15-6-3-12-35(42)37-20-17-30(28-47)24-45(37)49)26-38(40)32-10-8-9-31(25-32)34-11-2-5-14-41(34)50-43-16-7-4-13-36(43)39-23-29(27-46)18-22-44(39)50/h2-26H. The second-order valence-electron chi connectivity index (χ2n) is 12.3. The predicted octanol–water partition coefficient (Wildman–Crippen LogP) is 11.5. The van der Waals surface area contributed by atoms with E-state index < -0.39 is 0 Å². The van der Waals surface area contributed by atoms with E-state index in [-0.39, 0.29) is 0 Å². The van der Waals surface area contributed by atoms with E-state index in [0.29, 0.717) is 16.8 Å². The third kappa shape index (κ3) is 4.38. The molecule has 0 unspecified atom stereocenters. The van der Waals surface area contributed by atoms with E-state index in [0.717, 1.165) is 77.2 Å². The zero-order valence-electron chi connectivity index (χ0n) is 26.7. The van der Waals surface area contributed by atoms with Crippen LogP contribution in [0.1, 0.15) is 11.1 Å². The number of fused-ring (bicyclic) bond motifs is 6. The summed E-state index contributed by atoms with van der Waals surface area (Å²) in [5, 5.41) is 23.7. The van der Waals surface area contributed by atoms with Crippen LogP contribution in [0.2, 0.25) is 0 Å². The highest BCUT2D eigenvalue weighted by Crippen LogP contribution is 2.40. The van der Waals surface area contributed by atoms with E-state index in [4.69, 9.17) is 6.57 Å². The van der Waals surface area contributed by atoms with Gasteiger partial charge in [0.05, 0.1) is 57.6 Å². The summed E-state index contributed by atoms with van der Waals surface area (Å²) in [6.45, 7) is 8.08. The van der Waals surface area contributed by atoms with Gasteiger partial charge < -0.3 is 9.13 Å². The summed E-state index contributed by atoms with van der Waals surface area (Å²) >= 11 is 0. The lowest BCUT2D eigenvalue weighted by atomic mass is 9.96. The van der Waals surface area contributed by atoms with Crippen molar-refractivity contribution in [2.75, 3.05) is 0 Å². The Balaban J connectivity index is 1.23. The maximum Gasteiger partial charge on any atom is 0.195 e. The van der Waals surface area contributed by atoms with Crippen molar-refractivity contribution in [1.29, 1.82) is 10.5 Å². The molecule has 7 aromatic carbocycles. The monoisotopic (exact) mass is 635 g/mol. The van der Waals surface area contributed by atoms with E-state index in [1.165, 1.54) is 0 Å². The SMILES string of the molecule is [C-]#[N+]c1ccc(-n2c3ccccc3c3ccc(C#N)cc32)cc1-c1cccc(-c2ccccc2-n2c3ccccc3c3cc(C#N)ccc32)c1. The van der Waals surface area contributed by atoms with Crippen molar-refractivity contribution in [3.05, 3.63) is 174 Å². The first-order chi connectivity index (χ1) is 24.7. The zero-order valence-corrected chi connectivity index (χ0v) is 26.7. The van der Waals surface area contributed by atoms with Crippen LogP contribution in [0, 0.1) is 29.2 Å². The molecule has 0 saturated heterocycles. The molecule has 2 aromatic heterocycles. The third-order valence-corrected chi connectivity index (χ3v) is 9.59. The minimum Gasteiger partial charge on any atom is -0.309 e. The molecule has 0 saturated carbocycles. The van der Waals surface area contributed by atoms with Crippen LogP contribution in [0.3, 0.4) is 0 Å². The molecule has 230 valence electrons. The zero-order chi connectivity index (χ0) is 33.8. The molecule has 0 atom stereocenters. The molecule has 0 radical (unpaired) electrons. The van der Waals surface area contributed by atoms with Crippen molar-refractivity contribution < 1.29 is 0 Å². The van der Waals surface area contributed by atoms with Gasteiger partial charge in [0.2, 0.25) is 0 Å². The quantitative estimate of drug-likeness (QED) is 0.181. The van der Waals surface area contributed by atoms with Crippen molar-refractivity contribution in [3.63, 3.8) is 0 Å². The van der Waals surface area contributed by atoms with Gasteiger partial charge in [-0.25, -0.2) is 4.85 Å². The Hall–Kier alpha value is -7.39. The van der Waals surface area contributed by atoms with Crippen molar-refractivity contribution in [1.82, 2.24) is 9.13 Å². The minimum absolute atomic E-state index is 0.563. The first-order valence-corrected chi connectivity index (χ1v) is 16.3. The fourth-order valence-corrected chi connectivity index (χ4v) is 7.38. The lowest BCUT2D eigenvalue weighted by molar-refractivity contribution is 1.18. The molecule has 5 nitrogen and oxygen atoms in total. The van der Waals surface area contributed by atoms with Gasteiger partial charge in [-0.1, -0.05) is 84.9 Å². The van der Waals surface area contributed by atoms with E-state index >= 15 is 0 Å². The van der Waals surface area contributed by atoms with Gasteiger partial charge in [0, 0.05) is 32.8 Å². The van der Waals surface area contributed by atoms with Gasteiger partial charge in [-0.3, -0.25) is 0 Å². The van der Waals surface area contributed by atoms with Gasteiger partial charge in [0.15, 0.2) is 5.69 Å². The molecular weight excluding hydrogens is 611 g/mol. The van der Waals surface area contributed by atoms with Gasteiger partial charge in [-0.15, -0.1) is 0 Å². The summed E-state index contributed by atoms with van der Waals surface area (Å²) < 4.78 is 4.46. The van der Waals surface area contributed by atoms with Crippen LogP contribution < -0.4 is 0 Å². The van der Waals surface area contributed by atoms with E-state index in [1.807, 2.05) is 78.9 Å². The van der Waals surface area contributed by atoms with Crippen LogP contribution >= 0.6 is 0 Å². The van der Waals surface area contributed by atoms with Gasteiger partial charge in [0.25, 0.3) is 0 Å². The Bertz CT molecular complexity index is 2970. The Labute approximate surface area is 288 Å². The summed E-state index contributed by atoms with van der Waals surface area (Å²) in [6, 6.07) is 55.5. The highest BCUT2D eigenvalue weighted by atomic mass is 15.0. The molecule has 0 N–H and O–H groups in total. The number of hydrogen-bond donors (Lipinski definition) is 0. The Morgan fingerprint density at radius 3 is 1.86 bits per heavy atom. The normalized spacial score (nSPS) is 11.1. The fraction of sp³-hybridized carbons (Fsp3) is 0. The molecule has 0 amide bonds. The van der Waals surface area contributed by atoms with Crippen LogP contribution in [-0.4, -0.2) is 9.13 Å². The molecule has 0 spiro atoms. The molecule has 9 rings (SSSR count). The second kappa shape index (κ2) is 11.4. The lowest BCUT2D eigenvalue weighted by Crippen LogP contribution is -1.97. The Kier molecular flexibility index (Phi) is 6.56. The fourth-order valence-electron chi connectivity index (χ4n) is 7.38. The number of para-hydroxylation sites is 3. The van der Waals surface area contributed by atoms with Crippen LogP contribution in [0.4, 0.5) is 5.69 Å². The van der Waals surface area contributed by atoms with Gasteiger partial charge >= 0.3 is 0 Å². The Morgan fingerprint density at radius 1 is 0.460 bits per heavy atom. The third-order valence-electron chi connectivity index (χ3n) is 9.59. The van der Waals surface area contributed by atoms with E-state index in [1.54, 1.807) is 0 Å². The maximum absolute atomic E-state index is 9.71. The summed E-state index contributed by atoms with van der Waals surface area (Å²) in [7, 11) is 0. The topological polar surface area (TPSA) is 61.8 Å². The van der Waals surface area contributed by atoms with E-state index in [2.05, 4.69) is 98.9 Å². The van der Waals surface area contributed by atoms with Gasteiger partial charge in [-0.05, 0) is 83.4 Å². The highest BCUT2D eigenvalue weighted by Gasteiger charge is 2.18. The second-order valence-corrected chi connectivity index (χ2v) is 12.3. The number of nitrogens with zero attached hydrogens (tertiary/aromatic N) is 5. The first kappa shape index (κ1) is 28.8. The Morgan fingerprint density at radius 2 is 1.08 bits per heavy atom. The number of rotatable bonds is 4. The average molecular weight is 636 g/mol. The number of nitriles is 2. The number of benzene rings is 7. The first-order valence-electron chi connectivity index (χ1n) is 16.3. The largest absolute Gasteiger partial charge is 0.309 e. The molecule has 0 bridgehead atoms. The lowest BCUT2D eigenvalue weighted by Gasteiger charge is -2.16. The van der Waals surface area contributed by atoms with Gasteiger partial charge in [0.1, 0.15) is 0 Å². The molecule has 0 fully saturated rings. The van der Waals surface area contributed by atoms with Crippen LogP contribution in [0.15, 0.2) is 152 Å². The molecule has 0 aliphatic carbocycles. The molecule has 5 heteroatoms. The predicted molar refractivity (Wildman–Crippen MR) is 202 cm³/mol. The van der Waals surface area contributed by atoms with Crippen LogP contribution in [0.25, 0.3) is 82.1 Å². The number of aromatic nitrogens is 2. The van der Waals surface area contributed by atoms with Crippen molar-refractivity contribution in [2.24, 2.45) is 0 Å². The van der Waals surface area contributed by atoms with Crippen molar-refractivity contribution in [3.8, 4) is 45.8 Å². The van der Waals surface area contributed by atoms with Crippen LogP contribution in [-0.2, 0) is 0 Å². The average Bonchev–Trinajstić information content (AvgIpc) is 3.69. The maximum atomic E-state index is 9.71. The molecule has 9 aromatic rings. The molecular formula is C45H25N5. The number of hydrogen-bond acceptors (Lipinski definition) is 2. The summed E-state index contributed by atoms with van der Waals surface area (Å²) in [5.41, 5.74) is 11.7. The summed E-state index contributed by atoms with van der Waals surface area (Å²) in [5.74, 6) is 0. The molecule has 0 aliphatic heterocycles. The van der Waals surface area contributed by atoms with Crippen molar-refractivity contribution in [2.45, 2.75) is 0 Å². The summed E-state index contributed by atoms with van der Waals surface area (Å²) in [4.78, 5) is 3.94. The molecule has 2 heterocycles. The smallest absolute Gasteiger partial charge is 0.195 e. The van der Waals surface area contributed by atoms with E-state index in [9.17, 15) is 10.5 Å².